The van der Waals surface area contributed by atoms with E-state index in [4.69, 9.17) is 34.7 Å². The molecule has 1 aromatic heterocycles. The van der Waals surface area contributed by atoms with Crippen molar-refractivity contribution in [2.24, 2.45) is 0 Å². The third-order valence-corrected chi connectivity index (χ3v) is 5.79. The van der Waals surface area contributed by atoms with E-state index in [-0.39, 0.29) is 22.2 Å². The predicted molar refractivity (Wildman–Crippen MR) is 105 cm³/mol. The Kier molecular flexibility index (Phi) is 5.36. The maximum atomic E-state index is 11.1. The number of amides is 1. The molecule has 28 heavy (non-hydrogen) atoms. The van der Waals surface area contributed by atoms with Gasteiger partial charge >= 0.3 is 0 Å². The quantitative estimate of drug-likeness (QED) is 0.521. The molecule has 0 fully saturated rings. The second-order valence-corrected chi connectivity index (χ2v) is 7.87. The number of nitrogens with zero attached hydrogens (tertiary/aromatic N) is 3. The van der Waals surface area contributed by atoms with Crippen molar-refractivity contribution in [2.75, 3.05) is 11.5 Å². The molecule has 0 radical (unpaired) electrons. The highest BCUT2D eigenvalue weighted by Gasteiger charge is 2.31. The maximum absolute atomic E-state index is 11.1. The summed E-state index contributed by atoms with van der Waals surface area (Å²) in [5.41, 5.74) is 12.2. The van der Waals surface area contributed by atoms with Gasteiger partial charge < -0.3 is 11.5 Å². The Balaban J connectivity index is 0.000000167. The highest BCUT2D eigenvalue weighted by Crippen LogP contribution is 2.34. The van der Waals surface area contributed by atoms with Crippen LogP contribution < -0.4 is 16.2 Å². The number of hydrogen-bond acceptors (Lipinski definition) is 8. The molecule has 1 aliphatic heterocycles. The van der Waals surface area contributed by atoms with Gasteiger partial charge in [0, 0.05) is 5.56 Å². The summed E-state index contributed by atoms with van der Waals surface area (Å²) in [6.45, 7) is 0. The van der Waals surface area contributed by atoms with Gasteiger partial charge in [0.15, 0.2) is 5.82 Å². The van der Waals surface area contributed by atoms with Crippen LogP contribution in [0.25, 0.3) is 11.3 Å². The Morgan fingerprint density at radius 1 is 0.929 bits per heavy atom. The molecule has 2 aromatic carbocycles. The van der Waals surface area contributed by atoms with Crippen LogP contribution >= 0.6 is 23.2 Å². The van der Waals surface area contributed by atoms with Gasteiger partial charge in [0.05, 0.1) is 15.6 Å². The van der Waals surface area contributed by atoms with E-state index in [0.717, 1.165) is 0 Å². The van der Waals surface area contributed by atoms with Crippen LogP contribution in [0.1, 0.15) is 10.4 Å². The van der Waals surface area contributed by atoms with Gasteiger partial charge in [-0.05, 0) is 18.2 Å². The molecule has 0 saturated heterocycles. The number of halogens is 2. The van der Waals surface area contributed by atoms with Crippen LogP contribution in [0.4, 0.5) is 11.8 Å². The first-order chi connectivity index (χ1) is 13.2. The largest absolute Gasteiger partial charge is 0.382 e. The lowest BCUT2D eigenvalue weighted by molar-refractivity contribution is 0.0985. The van der Waals surface area contributed by atoms with Crippen molar-refractivity contribution in [3.8, 4) is 11.3 Å². The van der Waals surface area contributed by atoms with E-state index >= 15 is 0 Å². The van der Waals surface area contributed by atoms with E-state index < -0.39 is 15.9 Å². The van der Waals surface area contributed by atoms with Crippen molar-refractivity contribution in [1.29, 1.82) is 0 Å². The number of nitrogen functional groups attached to an aromatic ring is 2. The molecule has 0 spiro atoms. The normalized spacial score (nSPS) is 13.9. The molecular formula is C16H12Cl2N6O3S. The SMILES string of the molecule is Nc1nnc(-c2cccc(Cl)c2Cl)c(N)n1.O=C1NS(=O)(=O)c2ccccc21. The van der Waals surface area contributed by atoms with Crippen molar-refractivity contribution in [3.63, 3.8) is 0 Å². The number of aromatic nitrogens is 3. The van der Waals surface area contributed by atoms with Gasteiger partial charge in [-0.15, -0.1) is 10.2 Å². The Bertz CT molecular complexity index is 1190. The molecule has 0 aliphatic carbocycles. The standard InChI is InChI=1S/C9H7Cl2N5.C7H5NO3S/c10-5-3-1-2-4(6(5)11)7-8(12)14-9(13)16-15-7;9-7-5-3-1-2-4-6(5)12(10,11)8-7/h1-3H,(H4,12,13,14,16);1-4H,(H,8,9). The average molecular weight is 439 g/mol. The minimum Gasteiger partial charge on any atom is -0.382 e. The lowest BCUT2D eigenvalue weighted by Gasteiger charge is -2.06. The molecule has 12 heteroatoms. The maximum Gasteiger partial charge on any atom is 0.266 e. The van der Waals surface area contributed by atoms with Crippen molar-refractivity contribution >= 4 is 50.9 Å². The smallest absolute Gasteiger partial charge is 0.266 e. The average Bonchev–Trinajstić information content (AvgIpc) is 2.88. The number of fused-ring (bicyclic) bond motifs is 1. The van der Waals surface area contributed by atoms with Gasteiger partial charge in [-0.2, -0.15) is 4.98 Å². The molecule has 5 N–H and O–H groups in total. The number of sulfonamides is 1. The zero-order chi connectivity index (χ0) is 20.5. The minimum atomic E-state index is -3.55. The second-order valence-electron chi connectivity index (χ2n) is 5.44. The van der Waals surface area contributed by atoms with Gasteiger partial charge in [-0.3, -0.25) is 4.79 Å². The van der Waals surface area contributed by atoms with Gasteiger partial charge in [0.25, 0.3) is 15.9 Å². The first-order valence-corrected chi connectivity index (χ1v) is 9.81. The number of rotatable bonds is 1. The van der Waals surface area contributed by atoms with Crippen LogP contribution in [0.3, 0.4) is 0 Å². The predicted octanol–water partition coefficient (Wildman–Crippen LogP) is 2.13. The molecule has 0 unspecified atom stereocenters. The molecule has 9 nitrogen and oxygen atoms in total. The minimum absolute atomic E-state index is 0.0133. The van der Waals surface area contributed by atoms with E-state index in [1.54, 1.807) is 30.3 Å². The van der Waals surface area contributed by atoms with Crippen molar-refractivity contribution in [3.05, 3.63) is 58.1 Å². The summed E-state index contributed by atoms with van der Waals surface area (Å²) in [5.74, 6) is -0.373. The Morgan fingerprint density at radius 2 is 1.61 bits per heavy atom. The Labute approximate surface area is 169 Å². The van der Waals surface area contributed by atoms with Gasteiger partial charge in [0.1, 0.15) is 10.6 Å². The van der Waals surface area contributed by atoms with Crippen molar-refractivity contribution in [1.82, 2.24) is 19.9 Å². The molecule has 0 bridgehead atoms. The van der Waals surface area contributed by atoms with E-state index in [9.17, 15) is 13.2 Å². The third kappa shape index (κ3) is 3.84. The van der Waals surface area contributed by atoms with Crippen molar-refractivity contribution < 1.29 is 13.2 Å². The fourth-order valence-electron chi connectivity index (χ4n) is 2.35. The molecule has 1 amide bonds. The van der Waals surface area contributed by atoms with Crippen LogP contribution in [0.2, 0.25) is 10.0 Å². The Hall–Kier alpha value is -2.95. The highest BCUT2D eigenvalue weighted by atomic mass is 35.5. The highest BCUT2D eigenvalue weighted by molar-refractivity contribution is 7.90. The fraction of sp³-hybridized carbons (Fsp3) is 0. The lowest BCUT2D eigenvalue weighted by atomic mass is 10.1. The summed E-state index contributed by atoms with van der Waals surface area (Å²) >= 11 is 11.9. The molecule has 3 aromatic rings. The lowest BCUT2D eigenvalue weighted by Crippen LogP contribution is -2.20. The molecular weight excluding hydrogens is 427 g/mol. The molecule has 0 saturated carbocycles. The van der Waals surface area contributed by atoms with Crippen LogP contribution in [0.5, 0.6) is 0 Å². The summed E-state index contributed by atoms with van der Waals surface area (Å²) in [4.78, 5) is 14.9. The number of hydrogen-bond donors (Lipinski definition) is 3. The molecule has 0 atom stereocenters. The molecule has 2 heterocycles. The zero-order valence-corrected chi connectivity index (χ0v) is 16.3. The van der Waals surface area contributed by atoms with E-state index in [1.807, 2.05) is 4.72 Å². The van der Waals surface area contributed by atoms with Gasteiger partial charge in [-0.1, -0.05) is 47.5 Å². The number of anilines is 2. The third-order valence-electron chi connectivity index (χ3n) is 3.59. The van der Waals surface area contributed by atoms with Crippen LogP contribution in [-0.2, 0) is 10.0 Å². The zero-order valence-electron chi connectivity index (χ0n) is 13.9. The van der Waals surface area contributed by atoms with E-state index in [2.05, 4.69) is 15.2 Å². The van der Waals surface area contributed by atoms with Crippen LogP contribution in [0.15, 0.2) is 47.4 Å². The van der Waals surface area contributed by atoms with Crippen molar-refractivity contribution in [2.45, 2.75) is 4.90 Å². The molecule has 144 valence electrons. The van der Waals surface area contributed by atoms with E-state index in [0.29, 0.717) is 21.3 Å². The topological polar surface area (TPSA) is 154 Å². The molecule has 4 rings (SSSR count). The first kappa shape index (κ1) is 19.8. The number of nitrogens with one attached hydrogen (secondary N) is 1. The number of benzene rings is 2. The van der Waals surface area contributed by atoms with Crippen LogP contribution in [0, 0.1) is 0 Å². The first-order valence-electron chi connectivity index (χ1n) is 7.57. The summed E-state index contributed by atoms with van der Waals surface area (Å²) in [5, 5.41) is 8.24. The fourth-order valence-corrected chi connectivity index (χ4v) is 3.91. The number of carbonyl (C=O) groups excluding carboxylic acids is 1. The van der Waals surface area contributed by atoms with E-state index in [1.165, 1.54) is 12.1 Å². The second kappa shape index (κ2) is 7.58. The summed E-state index contributed by atoms with van der Waals surface area (Å²) < 4.78 is 24.2. The Morgan fingerprint density at radius 3 is 2.29 bits per heavy atom. The van der Waals surface area contributed by atoms with Gasteiger partial charge in [-0.25, -0.2) is 13.1 Å². The van der Waals surface area contributed by atoms with Gasteiger partial charge in [0.2, 0.25) is 5.95 Å². The summed E-state index contributed by atoms with van der Waals surface area (Å²) in [6, 6.07) is 11.2. The molecule has 1 aliphatic rings. The monoisotopic (exact) mass is 438 g/mol. The summed E-state index contributed by atoms with van der Waals surface area (Å²) in [6.07, 6.45) is 0. The number of carbonyl (C=O) groups is 1. The summed E-state index contributed by atoms with van der Waals surface area (Å²) in [7, 11) is -3.55. The number of nitrogens with two attached hydrogens (primary N) is 2. The van der Waals surface area contributed by atoms with Crippen LogP contribution in [-0.4, -0.2) is 29.5 Å².